The highest BCUT2D eigenvalue weighted by molar-refractivity contribution is 8.15. The molecule has 30 heavy (non-hydrogen) atoms. The molecule has 8 nitrogen and oxygen atoms in total. The molecule has 0 bridgehead atoms. The summed E-state index contributed by atoms with van der Waals surface area (Å²) in [5.41, 5.74) is 2.13. The minimum Gasteiger partial charge on any atom is -0.390 e. The average Bonchev–Trinajstić information content (AvgIpc) is 3.12. The minimum atomic E-state index is -1.01. The number of benzene rings is 1. The van der Waals surface area contributed by atoms with Crippen LogP contribution in [0, 0.1) is 5.92 Å². The van der Waals surface area contributed by atoms with E-state index in [0.29, 0.717) is 24.2 Å². The number of hydrogen-bond donors (Lipinski definition) is 5. The number of nitrogens with one attached hydrogen (secondary N) is 3. The van der Waals surface area contributed by atoms with Crippen molar-refractivity contribution in [1.82, 2.24) is 10.6 Å². The van der Waals surface area contributed by atoms with Gasteiger partial charge in [-0.25, -0.2) is 0 Å². The number of rotatable bonds is 6. The fourth-order valence-electron chi connectivity index (χ4n) is 3.74. The van der Waals surface area contributed by atoms with Gasteiger partial charge in [0.25, 0.3) is 0 Å². The van der Waals surface area contributed by atoms with Crippen LogP contribution in [0.15, 0.2) is 29.3 Å². The summed E-state index contributed by atoms with van der Waals surface area (Å²) in [6.45, 7) is 6.35. The standard InChI is InChI=1S/C21H30N4O4S/c1-11(2)13-4-6-14(7-5-13)24-21-25-17-18(28)16(27)10-15(19(17)30-21)20(29)23-9-8-22-12(3)26/h4-7,11,15-19,27-28H,8-10H2,1-3H3,(H,22,26)(H,23,29)(H,24,25)/t15-,16+,17+,18-,19+/m0/s1. The number of nitrogens with zero attached hydrogens (tertiary/aromatic N) is 1. The minimum absolute atomic E-state index is 0.155. The van der Waals surface area contributed by atoms with Crippen molar-refractivity contribution in [3.8, 4) is 0 Å². The van der Waals surface area contributed by atoms with Crippen molar-refractivity contribution in [3.05, 3.63) is 29.8 Å². The van der Waals surface area contributed by atoms with Gasteiger partial charge in [-0.1, -0.05) is 37.7 Å². The zero-order valence-electron chi connectivity index (χ0n) is 17.5. The first-order valence-electron chi connectivity index (χ1n) is 10.3. The Kier molecular flexibility index (Phi) is 7.38. The van der Waals surface area contributed by atoms with Crippen molar-refractivity contribution in [2.24, 2.45) is 10.9 Å². The summed E-state index contributed by atoms with van der Waals surface area (Å²) in [4.78, 5) is 28.2. The zero-order valence-corrected chi connectivity index (χ0v) is 18.3. The third-order valence-electron chi connectivity index (χ3n) is 5.45. The van der Waals surface area contributed by atoms with Crippen molar-refractivity contribution in [3.63, 3.8) is 0 Å². The molecule has 3 rings (SSSR count). The maximum atomic E-state index is 12.7. The van der Waals surface area contributed by atoms with Gasteiger partial charge in [-0.2, -0.15) is 0 Å². The maximum Gasteiger partial charge on any atom is 0.224 e. The lowest BCUT2D eigenvalue weighted by molar-refractivity contribution is -0.129. The molecule has 1 fully saturated rings. The van der Waals surface area contributed by atoms with Crippen LogP contribution in [0.3, 0.4) is 0 Å². The number of aliphatic imine (C=N–C) groups is 1. The SMILES string of the molecule is CC(=O)NCCNC(=O)[C@H]1C[C@@H](O)[C@H](O)[C@H]2N=C(Nc3ccc(C(C)C)cc3)S[C@@H]21. The lowest BCUT2D eigenvalue weighted by Crippen LogP contribution is -2.54. The Balaban J connectivity index is 1.64. The molecule has 1 heterocycles. The van der Waals surface area contributed by atoms with Gasteiger partial charge in [-0.15, -0.1) is 0 Å². The van der Waals surface area contributed by atoms with Crippen LogP contribution in [0.4, 0.5) is 5.69 Å². The first-order chi connectivity index (χ1) is 14.3. The van der Waals surface area contributed by atoms with E-state index in [1.165, 1.54) is 24.2 Å². The number of carbonyl (C=O) groups is 2. The van der Waals surface area contributed by atoms with Gasteiger partial charge >= 0.3 is 0 Å². The highest BCUT2D eigenvalue weighted by Gasteiger charge is 2.50. The molecule has 1 saturated carbocycles. The number of hydrogen-bond acceptors (Lipinski definition) is 7. The Morgan fingerprint density at radius 3 is 2.47 bits per heavy atom. The van der Waals surface area contributed by atoms with Crippen molar-refractivity contribution in [1.29, 1.82) is 0 Å². The van der Waals surface area contributed by atoms with Crippen LogP contribution in [0.25, 0.3) is 0 Å². The lowest BCUT2D eigenvalue weighted by atomic mass is 9.81. The summed E-state index contributed by atoms with van der Waals surface area (Å²) in [7, 11) is 0. The average molecular weight is 435 g/mol. The fourth-order valence-corrected chi connectivity index (χ4v) is 5.12. The number of anilines is 1. The Morgan fingerprint density at radius 2 is 1.83 bits per heavy atom. The molecule has 5 N–H and O–H groups in total. The van der Waals surface area contributed by atoms with Crippen molar-refractivity contribution < 1.29 is 19.8 Å². The van der Waals surface area contributed by atoms with Gasteiger partial charge < -0.3 is 26.2 Å². The van der Waals surface area contributed by atoms with Crippen molar-refractivity contribution >= 4 is 34.4 Å². The Morgan fingerprint density at radius 1 is 1.17 bits per heavy atom. The van der Waals surface area contributed by atoms with Gasteiger partial charge in [0.15, 0.2) is 5.17 Å². The van der Waals surface area contributed by atoms with Crippen molar-refractivity contribution in [2.45, 2.75) is 56.6 Å². The summed E-state index contributed by atoms with van der Waals surface area (Å²) in [6.07, 6.45) is -1.84. The number of amides is 2. The highest BCUT2D eigenvalue weighted by atomic mass is 32.2. The monoisotopic (exact) mass is 434 g/mol. The van der Waals surface area contributed by atoms with Crippen LogP contribution in [0.2, 0.25) is 0 Å². The van der Waals surface area contributed by atoms with Crippen LogP contribution in [0.5, 0.6) is 0 Å². The summed E-state index contributed by atoms with van der Waals surface area (Å²) < 4.78 is 0. The van der Waals surface area contributed by atoms with Gasteiger partial charge in [0.2, 0.25) is 11.8 Å². The number of aliphatic hydroxyl groups excluding tert-OH is 2. The predicted molar refractivity (Wildman–Crippen MR) is 119 cm³/mol. The first-order valence-corrected chi connectivity index (χ1v) is 11.1. The predicted octanol–water partition coefficient (Wildman–Crippen LogP) is 1.06. The van der Waals surface area contributed by atoms with Gasteiger partial charge in [-0.3, -0.25) is 14.6 Å². The molecule has 5 atom stereocenters. The van der Waals surface area contributed by atoms with Crippen LogP contribution >= 0.6 is 11.8 Å². The second kappa shape index (κ2) is 9.80. The molecule has 1 aliphatic carbocycles. The fraction of sp³-hybridized carbons (Fsp3) is 0.571. The number of amidine groups is 1. The Labute approximate surface area is 180 Å². The van der Waals surface area contributed by atoms with E-state index in [4.69, 9.17) is 0 Å². The molecular formula is C21H30N4O4S. The molecule has 0 unspecified atom stereocenters. The van der Waals surface area contributed by atoms with Crippen LogP contribution in [-0.4, -0.2) is 63.8 Å². The smallest absolute Gasteiger partial charge is 0.224 e. The topological polar surface area (TPSA) is 123 Å². The third-order valence-corrected chi connectivity index (χ3v) is 6.76. The van der Waals surface area contributed by atoms with E-state index in [-0.39, 0.29) is 23.5 Å². The highest BCUT2D eigenvalue weighted by Crippen LogP contribution is 2.41. The summed E-state index contributed by atoms with van der Waals surface area (Å²) >= 11 is 1.42. The summed E-state index contributed by atoms with van der Waals surface area (Å²) in [5.74, 6) is -0.396. The van der Waals surface area contributed by atoms with E-state index in [0.717, 1.165) is 5.69 Å². The quantitative estimate of drug-likeness (QED) is 0.427. The first kappa shape index (κ1) is 22.6. The molecule has 1 aliphatic heterocycles. The van der Waals surface area contributed by atoms with E-state index in [1.54, 1.807) is 0 Å². The van der Waals surface area contributed by atoms with Crippen LogP contribution < -0.4 is 16.0 Å². The van der Waals surface area contributed by atoms with Gasteiger partial charge in [0, 0.05) is 31.0 Å². The molecule has 2 aliphatic rings. The molecular weight excluding hydrogens is 404 g/mol. The van der Waals surface area contributed by atoms with Gasteiger partial charge in [0.1, 0.15) is 6.10 Å². The largest absolute Gasteiger partial charge is 0.390 e. The second-order valence-electron chi connectivity index (χ2n) is 8.08. The van der Waals surface area contributed by atoms with E-state index in [9.17, 15) is 19.8 Å². The van der Waals surface area contributed by atoms with Crippen LogP contribution in [-0.2, 0) is 9.59 Å². The van der Waals surface area contributed by atoms with E-state index < -0.39 is 24.2 Å². The van der Waals surface area contributed by atoms with Gasteiger partial charge in [0.05, 0.1) is 18.1 Å². The number of fused-ring (bicyclic) bond motifs is 1. The number of thioether (sulfide) groups is 1. The molecule has 0 saturated heterocycles. The van der Waals surface area contributed by atoms with E-state index in [2.05, 4.69) is 46.9 Å². The molecule has 1 aromatic rings. The molecule has 0 spiro atoms. The van der Waals surface area contributed by atoms with E-state index in [1.807, 2.05) is 12.1 Å². The normalized spacial score (nSPS) is 27.9. The molecule has 9 heteroatoms. The summed E-state index contributed by atoms with van der Waals surface area (Å²) in [6, 6.07) is 7.53. The number of carbonyl (C=O) groups excluding carboxylic acids is 2. The van der Waals surface area contributed by atoms with Crippen LogP contribution in [0.1, 0.15) is 38.7 Å². The zero-order chi connectivity index (χ0) is 21.8. The molecule has 164 valence electrons. The molecule has 0 radical (unpaired) electrons. The van der Waals surface area contributed by atoms with E-state index >= 15 is 0 Å². The second-order valence-corrected chi connectivity index (χ2v) is 9.25. The Hall–Kier alpha value is -2.10. The summed E-state index contributed by atoms with van der Waals surface area (Å²) in [5, 5.41) is 29.8. The molecule has 1 aromatic carbocycles. The molecule has 2 amide bonds. The number of aliphatic hydroxyl groups is 2. The lowest BCUT2D eigenvalue weighted by Gasteiger charge is -2.37. The Bertz CT molecular complexity index is 799. The maximum absolute atomic E-state index is 12.7. The third kappa shape index (κ3) is 5.33. The van der Waals surface area contributed by atoms with Gasteiger partial charge in [-0.05, 0) is 30.0 Å². The molecule has 0 aromatic heterocycles. The van der Waals surface area contributed by atoms with Crippen molar-refractivity contribution in [2.75, 3.05) is 18.4 Å².